The number of para-hydroxylation sites is 1. The van der Waals surface area contributed by atoms with Gasteiger partial charge in [0.15, 0.2) is 0 Å². The first kappa shape index (κ1) is 17.7. The second-order valence-corrected chi connectivity index (χ2v) is 6.37. The van der Waals surface area contributed by atoms with Gasteiger partial charge in [-0.15, -0.1) is 11.8 Å². The predicted molar refractivity (Wildman–Crippen MR) is 92.0 cm³/mol. The predicted octanol–water partition coefficient (Wildman–Crippen LogP) is 3.23. The van der Waals surface area contributed by atoms with E-state index in [1.54, 1.807) is 30.3 Å². The third kappa shape index (κ3) is 4.89. The van der Waals surface area contributed by atoms with Crippen LogP contribution in [0.5, 0.6) is 0 Å². The number of nitrogens with one attached hydrogen (secondary N) is 1. The number of carboxylic acids is 1. The van der Waals surface area contributed by atoms with Gasteiger partial charge in [-0.2, -0.15) is 0 Å². The molecule has 120 valence electrons. The number of carbonyl (C=O) groups is 2. The number of thioether (sulfide) groups is 1. The van der Waals surface area contributed by atoms with E-state index in [2.05, 4.69) is 5.32 Å². The molecule has 4 nitrogen and oxygen atoms in total. The largest absolute Gasteiger partial charge is 0.545 e. The van der Waals surface area contributed by atoms with Crippen LogP contribution in [0.1, 0.15) is 15.9 Å². The molecule has 0 atom stereocenters. The van der Waals surface area contributed by atoms with Crippen molar-refractivity contribution in [3.63, 3.8) is 0 Å². The zero-order valence-electron chi connectivity index (χ0n) is 11.8. The zero-order valence-corrected chi connectivity index (χ0v) is 14.2. The lowest BCUT2D eigenvalue weighted by Crippen LogP contribution is -2.25. The maximum atomic E-state index is 11.9. The average molecular weight is 369 g/mol. The van der Waals surface area contributed by atoms with Crippen LogP contribution in [-0.4, -0.2) is 17.6 Å². The summed E-state index contributed by atoms with van der Waals surface area (Å²) in [5.41, 5.74) is 0.928. The summed E-state index contributed by atoms with van der Waals surface area (Å²) in [5.74, 6) is -1.03. The van der Waals surface area contributed by atoms with Gasteiger partial charge in [-0.1, -0.05) is 47.5 Å². The van der Waals surface area contributed by atoms with Crippen LogP contribution in [0.2, 0.25) is 10.0 Å². The van der Waals surface area contributed by atoms with Gasteiger partial charge in [-0.3, -0.25) is 4.79 Å². The van der Waals surface area contributed by atoms with Gasteiger partial charge >= 0.3 is 0 Å². The molecule has 0 spiro atoms. The molecule has 23 heavy (non-hydrogen) atoms. The van der Waals surface area contributed by atoms with Gasteiger partial charge in [-0.25, -0.2) is 0 Å². The molecule has 0 heterocycles. The summed E-state index contributed by atoms with van der Waals surface area (Å²) in [4.78, 5) is 22.9. The average Bonchev–Trinajstić information content (AvgIpc) is 2.50. The maximum Gasteiger partial charge on any atom is 0.234 e. The number of anilines is 1. The molecule has 0 aliphatic carbocycles. The quantitative estimate of drug-likeness (QED) is 0.849. The number of carboxylic acid groups (broad SMARTS) is 1. The smallest absolute Gasteiger partial charge is 0.234 e. The normalized spacial score (nSPS) is 10.3. The van der Waals surface area contributed by atoms with Crippen LogP contribution in [0.3, 0.4) is 0 Å². The van der Waals surface area contributed by atoms with Crippen LogP contribution in [0, 0.1) is 0 Å². The molecule has 2 aromatic carbocycles. The van der Waals surface area contributed by atoms with Crippen LogP contribution in [-0.2, 0) is 10.5 Å². The number of hydrogen-bond acceptors (Lipinski definition) is 4. The van der Waals surface area contributed by atoms with Gasteiger partial charge < -0.3 is 15.2 Å². The highest BCUT2D eigenvalue weighted by Gasteiger charge is 2.09. The Hall–Kier alpha value is -1.69. The fourth-order valence-corrected chi connectivity index (χ4v) is 3.44. The van der Waals surface area contributed by atoms with Gasteiger partial charge in [0, 0.05) is 27.0 Å². The minimum absolute atomic E-state index is 0.0556. The van der Waals surface area contributed by atoms with E-state index in [-0.39, 0.29) is 22.9 Å². The molecule has 0 saturated heterocycles. The minimum atomic E-state index is -1.34. The summed E-state index contributed by atoms with van der Waals surface area (Å²) in [6.45, 7) is 0. The summed E-state index contributed by atoms with van der Waals surface area (Å²) >= 11 is 13.5. The monoisotopic (exact) mass is 368 g/mol. The molecule has 1 N–H and O–H groups in total. The van der Waals surface area contributed by atoms with E-state index in [1.807, 2.05) is 0 Å². The molecular formula is C16H12Cl2NO3S-. The highest BCUT2D eigenvalue weighted by atomic mass is 35.5. The first-order valence-corrected chi connectivity index (χ1v) is 8.51. The molecule has 2 aromatic rings. The highest BCUT2D eigenvalue weighted by molar-refractivity contribution is 7.99. The van der Waals surface area contributed by atoms with Crippen molar-refractivity contribution in [2.24, 2.45) is 0 Å². The number of rotatable bonds is 6. The van der Waals surface area contributed by atoms with Crippen molar-refractivity contribution < 1.29 is 14.7 Å². The fourth-order valence-electron chi connectivity index (χ4n) is 1.87. The lowest BCUT2D eigenvalue weighted by molar-refractivity contribution is -0.254. The molecule has 0 aliphatic heterocycles. The second-order valence-electron chi connectivity index (χ2n) is 4.57. The SMILES string of the molecule is O=C(CSCc1c(Cl)cccc1Cl)Nc1ccccc1C(=O)[O-]. The topological polar surface area (TPSA) is 69.2 Å². The summed E-state index contributed by atoms with van der Waals surface area (Å²) in [7, 11) is 0. The van der Waals surface area contributed by atoms with Gasteiger partial charge in [0.1, 0.15) is 0 Å². The van der Waals surface area contributed by atoms with Crippen molar-refractivity contribution in [3.05, 3.63) is 63.6 Å². The van der Waals surface area contributed by atoms with E-state index in [9.17, 15) is 14.7 Å². The van der Waals surface area contributed by atoms with Crippen molar-refractivity contribution in [2.75, 3.05) is 11.1 Å². The minimum Gasteiger partial charge on any atom is -0.545 e. The molecule has 0 saturated carbocycles. The van der Waals surface area contributed by atoms with Crippen LogP contribution >= 0.6 is 35.0 Å². The van der Waals surface area contributed by atoms with Crippen LogP contribution < -0.4 is 10.4 Å². The molecule has 0 fully saturated rings. The van der Waals surface area contributed by atoms with E-state index in [1.165, 1.54) is 23.9 Å². The molecule has 2 rings (SSSR count). The Kier molecular flexibility index (Phi) is 6.33. The first-order chi connectivity index (χ1) is 11.0. The van der Waals surface area contributed by atoms with Crippen LogP contribution in [0.25, 0.3) is 0 Å². The third-order valence-electron chi connectivity index (χ3n) is 2.96. The molecular weight excluding hydrogens is 357 g/mol. The molecule has 1 amide bonds. The molecule has 0 radical (unpaired) electrons. The number of aromatic carboxylic acids is 1. The Morgan fingerprint density at radius 1 is 1.04 bits per heavy atom. The standard InChI is InChI=1S/C16H13Cl2NO3S/c17-12-5-3-6-13(18)11(12)8-23-9-15(20)19-14-7-2-1-4-10(14)16(21)22/h1-7H,8-9H2,(H,19,20)(H,21,22)/p-1. The number of benzene rings is 2. The third-order valence-corrected chi connectivity index (χ3v) is 4.63. The maximum absolute atomic E-state index is 11.9. The molecule has 7 heteroatoms. The molecule has 0 aliphatic rings. The Bertz CT molecular complexity index is 717. The molecule has 0 bridgehead atoms. The molecule has 0 aromatic heterocycles. The van der Waals surface area contributed by atoms with Crippen LogP contribution in [0.4, 0.5) is 5.69 Å². The van der Waals surface area contributed by atoms with Crippen molar-refractivity contribution in [1.82, 2.24) is 0 Å². The van der Waals surface area contributed by atoms with Gasteiger partial charge in [-0.05, 0) is 23.8 Å². The Morgan fingerprint density at radius 2 is 1.70 bits per heavy atom. The van der Waals surface area contributed by atoms with Crippen LogP contribution in [0.15, 0.2) is 42.5 Å². The zero-order chi connectivity index (χ0) is 16.8. The van der Waals surface area contributed by atoms with Crippen molar-refractivity contribution in [2.45, 2.75) is 5.75 Å². The molecule has 0 unspecified atom stereocenters. The Morgan fingerprint density at radius 3 is 2.35 bits per heavy atom. The van der Waals surface area contributed by atoms with E-state index in [0.717, 1.165) is 5.56 Å². The van der Waals surface area contributed by atoms with Gasteiger partial charge in [0.05, 0.1) is 11.7 Å². The van der Waals surface area contributed by atoms with E-state index in [0.29, 0.717) is 15.8 Å². The van der Waals surface area contributed by atoms with Crippen molar-refractivity contribution >= 4 is 52.5 Å². The number of hydrogen-bond donors (Lipinski definition) is 1. The van der Waals surface area contributed by atoms with Gasteiger partial charge in [0.2, 0.25) is 5.91 Å². The van der Waals surface area contributed by atoms with E-state index < -0.39 is 5.97 Å². The van der Waals surface area contributed by atoms with Gasteiger partial charge in [0.25, 0.3) is 0 Å². The second kappa shape index (κ2) is 8.24. The lowest BCUT2D eigenvalue weighted by Gasteiger charge is -2.11. The number of carbonyl (C=O) groups excluding carboxylic acids is 2. The summed E-state index contributed by atoms with van der Waals surface area (Å²) in [6.07, 6.45) is 0. The lowest BCUT2D eigenvalue weighted by atomic mass is 10.2. The Balaban J connectivity index is 1.93. The van der Waals surface area contributed by atoms with Crippen molar-refractivity contribution in [3.8, 4) is 0 Å². The summed E-state index contributed by atoms with van der Waals surface area (Å²) in [6, 6.07) is 11.3. The summed E-state index contributed by atoms with van der Waals surface area (Å²) in [5, 5.41) is 14.6. The first-order valence-electron chi connectivity index (χ1n) is 6.60. The highest BCUT2D eigenvalue weighted by Crippen LogP contribution is 2.28. The fraction of sp³-hybridized carbons (Fsp3) is 0.125. The Labute approximate surface area is 147 Å². The van der Waals surface area contributed by atoms with Crippen molar-refractivity contribution in [1.29, 1.82) is 0 Å². The summed E-state index contributed by atoms with van der Waals surface area (Å²) < 4.78 is 0. The van der Waals surface area contributed by atoms with E-state index in [4.69, 9.17) is 23.2 Å². The van der Waals surface area contributed by atoms with E-state index >= 15 is 0 Å². The number of halogens is 2. The number of amides is 1.